The second-order valence-corrected chi connectivity index (χ2v) is 3.99. The number of nitrogens with one attached hydrogen (secondary N) is 1. The first kappa shape index (κ1) is 14.4. The van der Waals surface area contributed by atoms with Crippen molar-refractivity contribution in [3.63, 3.8) is 0 Å². The molecule has 0 aromatic rings. The zero-order chi connectivity index (χ0) is 11.5. The van der Waals surface area contributed by atoms with Gasteiger partial charge in [-0.2, -0.15) is 0 Å². The molecule has 3 nitrogen and oxygen atoms in total. The van der Waals surface area contributed by atoms with Gasteiger partial charge in [0.25, 0.3) is 0 Å². The molecule has 0 aliphatic carbocycles. The van der Waals surface area contributed by atoms with Crippen molar-refractivity contribution in [1.82, 2.24) is 5.32 Å². The van der Waals surface area contributed by atoms with E-state index in [-0.39, 0.29) is 5.97 Å². The molecule has 0 aromatic carbocycles. The number of unbranched alkanes of at least 4 members (excludes halogenated alkanes) is 3. The molecule has 0 aromatic heterocycles. The quantitative estimate of drug-likeness (QED) is 0.474. The minimum Gasteiger partial charge on any atom is -0.469 e. The molecular weight excluding hydrogens is 190 g/mol. The lowest BCUT2D eigenvalue weighted by molar-refractivity contribution is -0.140. The van der Waals surface area contributed by atoms with Gasteiger partial charge in [0.1, 0.15) is 0 Å². The standard InChI is InChI=1S/C12H25NO2/c1-4-13-11(2)9-7-5-6-8-10-12(14)15-3/h11,13H,4-10H2,1-3H3. The summed E-state index contributed by atoms with van der Waals surface area (Å²) < 4.78 is 4.58. The molecule has 15 heavy (non-hydrogen) atoms. The minimum atomic E-state index is -0.0870. The van der Waals surface area contributed by atoms with Crippen molar-refractivity contribution in [3.8, 4) is 0 Å². The highest BCUT2D eigenvalue weighted by atomic mass is 16.5. The van der Waals surface area contributed by atoms with Crippen molar-refractivity contribution in [2.75, 3.05) is 13.7 Å². The number of hydrogen-bond acceptors (Lipinski definition) is 3. The van der Waals surface area contributed by atoms with E-state index in [1.54, 1.807) is 0 Å². The van der Waals surface area contributed by atoms with Crippen LogP contribution in [0.5, 0.6) is 0 Å². The maximum atomic E-state index is 10.8. The zero-order valence-electron chi connectivity index (χ0n) is 10.3. The molecule has 1 unspecified atom stereocenters. The maximum absolute atomic E-state index is 10.8. The molecule has 90 valence electrons. The van der Waals surface area contributed by atoms with E-state index in [0.717, 1.165) is 19.4 Å². The second kappa shape index (κ2) is 9.97. The van der Waals surface area contributed by atoms with Gasteiger partial charge in [-0.15, -0.1) is 0 Å². The number of methoxy groups -OCH3 is 1. The van der Waals surface area contributed by atoms with Gasteiger partial charge in [0.05, 0.1) is 7.11 Å². The molecule has 0 amide bonds. The first-order valence-electron chi connectivity index (χ1n) is 6.00. The van der Waals surface area contributed by atoms with Crippen LogP contribution in [0.3, 0.4) is 0 Å². The topological polar surface area (TPSA) is 38.3 Å². The molecule has 0 aliphatic heterocycles. The fourth-order valence-electron chi connectivity index (χ4n) is 1.63. The van der Waals surface area contributed by atoms with Crippen molar-refractivity contribution in [3.05, 3.63) is 0 Å². The fraction of sp³-hybridized carbons (Fsp3) is 0.917. The molecule has 0 spiro atoms. The normalized spacial score (nSPS) is 12.5. The lowest BCUT2D eigenvalue weighted by Crippen LogP contribution is -2.25. The SMILES string of the molecule is CCNC(C)CCCCCCC(=O)OC. The molecule has 0 rings (SSSR count). The number of esters is 1. The Morgan fingerprint density at radius 1 is 1.27 bits per heavy atom. The predicted octanol–water partition coefficient (Wildman–Crippen LogP) is 2.50. The van der Waals surface area contributed by atoms with Gasteiger partial charge in [0.2, 0.25) is 0 Å². The van der Waals surface area contributed by atoms with E-state index in [4.69, 9.17) is 0 Å². The van der Waals surface area contributed by atoms with Crippen LogP contribution in [0.25, 0.3) is 0 Å². The van der Waals surface area contributed by atoms with E-state index < -0.39 is 0 Å². The maximum Gasteiger partial charge on any atom is 0.305 e. The van der Waals surface area contributed by atoms with Gasteiger partial charge < -0.3 is 10.1 Å². The van der Waals surface area contributed by atoms with E-state index >= 15 is 0 Å². The number of carbonyl (C=O) groups is 1. The summed E-state index contributed by atoms with van der Waals surface area (Å²) in [5, 5.41) is 3.39. The number of ether oxygens (including phenoxy) is 1. The molecule has 0 saturated heterocycles. The van der Waals surface area contributed by atoms with Crippen LogP contribution in [0.15, 0.2) is 0 Å². The van der Waals surface area contributed by atoms with E-state index in [0.29, 0.717) is 12.5 Å². The smallest absolute Gasteiger partial charge is 0.305 e. The number of rotatable bonds is 9. The highest BCUT2D eigenvalue weighted by molar-refractivity contribution is 5.68. The van der Waals surface area contributed by atoms with Crippen LogP contribution in [0.2, 0.25) is 0 Å². The molecule has 0 fully saturated rings. The second-order valence-electron chi connectivity index (χ2n) is 3.99. The van der Waals surface area contributed by atoms with Crippen LogP contribution in [0, 0.1) is 0 Å². The van der Waals surface area contributed by atoms with Crippen LogP contribution < -0.4 is 5.32 Å². The van der Waals surface area contributed by atoms with Gasteiger partial charge in [-0.05, 0) is 26.3 Å². The van der Waals surface area contributed by atoms with Crippen molar-refractivity contribution in [1.29, 1.82) is 0 Å². The zero-order valence-corrected chi connectivity index (χ0v) is 10.3. The monoisotopic (exact) mass is 215 g/mol. The Kier molecular flexibility index (Phi) is 9.59. The van der Waals surface area contributed by atoms with Crippen molar-refractivity contribution in [2.45, 2.75) is 58.4 Å². The Hall–Kier alpha value is -0.570. The van der Waals surface area contributed by atoms with Crippen molar-refractivity contribution < 1.29 is 9.53 Å². The lowest BCUT2D eigenvalue weighted by atomic mass is 10.1. The third-order valence-corrected chi connectivity index (χ3v) is 2.55. The van der Waals surface area contributed by atoms with Gasteiger partial charge in [0, 0.05) is 12.5 Å². The van der Waals surface area contributed by atoms with Crippen molar-refractivity contribution in [2.24, 2.45) is 0 Å². The molecule has 1 N–H and O–H groups in total. The van der Waals surface area contributed by atoms with Gasteiger partial charge >= 0.3 is 5.97 Å². The van der Waals surface area contributed by atoms with Crippen LogP contribution in [0.1, 0.15) is 52.4 Å². The largest absolute Gasteiger partial charge is 0.469 e. The third-order valence-electron chi connectivity index (χ3n) is 2.55. The summed E-state index contributed by atoms with van der Waals surface area (Å²) in [6, 6.07) is 0.621. The summed E-state index contributed by atoms with van der Waals surface area (Å²) in [7, 11) is 1.44. The summed E-state index contributed by atoms with van der Waals surface area (Å²) in [4.78, 5) is 10.8. The molecular formula is C12H25NO2. The average molecular weight is 215 g/mol. The summed E-state index contributed by atoms with van der Waals surface area (Å²) in [5.41, 5.74) is 0. The van der Waals surface area contributed by atoms with Gasteiger partial charge in [-0.3, -0.25) is 4.79 Å². The van der Waals surface area contributed by atoms with Crippen LogP contribution in [0.4, 0.5) is 0 Å². The van der Waals surface area contributed by atoms with Gasteiger partial charge in [0.15, 0.2) is 0 Å². The Morgan fingerprint density at radius 3 is 2.53 bits per heavy atom. The first-order valence-corrected chi connectivity index (χ1v) is 6.00. The Bertz CT molecular complexity index is 160. The molecule has 0 saturated carbocycles. The summed E-state index contributed by atoms with van der Waals surface area (Å²) in [6.07, 6.45) is 6.35. The number of hydrogen-bond donors (Lipinski definition) is 1. The Labute approximate surface area is 93.6 Å². The molecule has 0 heterocycles. The van der Waals surface area contributed by atoms with E-state index in [9.17, 15) is 4.79 Å². The lowest BCUT2D eigenvalue weighted by Gasteiger charge is -2.11. The molecule has 3 heteroatoms. The predicted molar refractivity (Wildman–Crippen MR) is 62.9 cm³/mol. The summed E-state index contributed by atoms with van der Waals surface area (Å²) in [6.45, 7) is 5.40. The number of carbonyl (C=O) groups excluding carboxylic acids is 1. The Balaban J connectivity index is 3.14. The molecule has 0 aliphatic rings. The summed E-state index contributed by atoms with van der Waals surface area (Å²) in [5.74, 6) is -0.0870. The summed E-state index contributed by atoms with van der Waals surface area (Å²) >= 11 is 0. The highest BCUT2D eigenvalue weighted by Gasteiger charge is 2.01. The molecule has 0 bridgehead atoms. The molecule has 0 radical (unpaired) electrons. The van der Waals surface area contributed by atoms with E-state index in [2.05, 4.69) is 23.9 Å². The van der Waals surface area contributed by atoms with E-state index in [1.807, 2.05) is 0 Å². The van der Waals surface area contributed by atoms with Gasteiger partial charge in [-0.25, -0.2) is 0 Å². The van der Waals surface area contributed by atoms with Crippen LogP contribution in [-0.2, 0) is 9.53 Å². The fourth-order valence-corrected chi connectivity index (χ4v) is 1.63. The van der Waals surface area contributed by atoms with Gasteiger partial charge in [-0.1, -0.05) is 26.2 Å². The van der Waals surface area contributed by atoms with E-state index in [1.165, 1.54) is 26.4 Å². The average Bonchev–Trinajstić information content (AvgIpc) is 2.23. The van der Waals surface area contributed by atoms with Crippen LogP contribution in [-0.4, -0.2) is 25.7 Å². The minimum absolute atomic E-state index is 0.0870. The van der Waals surface area contributed by atoms with Crippen LogP contribution >= 0.6 is 0 Å². The Morgan fingerprint density at radius 2 is 1.93 bits per heavy atom. The van der Waals surface area contributed by atoms with Crippen molar-refractivity contribution >= 4 is 5.97 Å². The first-order chi connectivity index (χ1) is 7.20. The molecule has 1 atom stereocenters. The third kappa shape index (κ3) is 9.73. The highest BCUT2D eigenvalue weighted by Crippen LogP contribution is 2.07.